The van der Waals surface area contributed by atoms with Gasteiger partial charge in [0.15, 0.2) is 0 Å². The van der Waals surface area contributed by atoms with Crippen molar-refractivity contribution in [2.75, 3.05) is 30.8 Å². The van der Waals surface area contributed by atoms with E-state index < -0.39 is 17.6 Å². The minimum atomic E-state index is -0.951. The summed E-state index contributed by atoms with van der Waals surface area (Å²) in [5.41, 5.74) is 0.605. The molecule has 0 amide bonds. The Morgan fingerprint density at radius 3 is 2.56 bits per heavy atom. The Kier molecular flexibility index (Phi) is 7.03. The van der Waals surface area contributed by atoms with Gasteiger partial charge in [-0.2, -0.15) is 0 Å². The highest BCUT2D eigenvalue weighted by Crippen LogP contribution is 2.32. The molecule has 0 bridgehead atoms. The highest BCUT2D eigenvalue weighted by Gasteiger charge is 2.18. The van der Waals surface area contributed by atoms with Crippen LogP contribution in [0.15, 0.2) is 18.2 Å². The maximum Gasteiger partial charge on any atom is 0.315 e. The van der Waals surface area contributed by atoms with Crippen LogP contribution >= 0.6 is 12.4 Å². The SMILES string of the molecule is CNc1cccc(NCC(O)CO)c1[N+](=O)[O-].Cl. The summed E-state index contributed by atoms with van der Waals surface area (Å²) in [6, 6.07) is 4.79. The maximum absolute atomic E-state index is 10.9. The molecule has 0 saturated heterocycles. The van der Waals surface area contributed by atoms with Crippen molar-refractivity contribution < 1.29 is 15.1 Å². The third-order valence-corrected chi connectivity index (χ3v) is 2.23. The summed E-state index contributed by atoms with van der Waals surface area (Å²) in [6.45, 7) is -0.350. The molecule has 0 aliphatic carbocycles. The molecule has 1 rings (SSSR count). The van der Waals surface area contributed by atoms with Crippen molar-refractivity contribution in [1.29, 1.82) is 0 Å². The van der Waals surface area contributed by atoms with E-state index in [0.29, 0.717) is 11.4 Å². The Morgan fingerprint density at radius 2 is 2.06 bits per heavy atom. The summed E-state index contributed by atoms with van der Waals surface area (Å²) >= 11 is 0. The molecule has 0 aliphatic heterocycles. The van der Waals surface area contributed by atoms with Gasteiger partial charge in [0.25, 0.3) is 0 Å². The number of nitrogens with one attached hydrogen (secondary N) is 2. The molecule has 7 nitrogen and oxygen atoms in total. The molecule has 4 N–H and O–H groups in total. The molecule has 0 spiro atoms. The second kappa shape index (κ2) is 7.70. The van der Waals surface area contributed by atoms with Crippen molar-refractivity contribution in [1.82, 2.24) is 0 Å². The molecule has 102 valence electrons. The highest BCUT2D eigenvalue weighted by atomic mass is 35.5. The van der Waals surface area contributed by atoms with Crippen molar-refractivity contribution >= 4 is 29.5 Å². The van der Waals surface area contributed by atoms with Crippen LogP contribution in [-0.4, -0.2) is 41.4 Å². The molecule has 0 saturated carbocycles. The first kappa shape index (κ1) is 16.4. The van der Waals surface area contributed by atoms with E-state index in [1.165, 1.54) is 0 Å². The van der Waals surface area contributed by atoms with E-state index >= 15 is 0 Å². The fourth-order valence-corrected chi connectivity index (χ4v) is 1.38. The largest absolute Gasteiger partial charge is 0.394 e. The number of hydrogen-bond donors (Lipinski definition) is 4. The Bertz CT molecular complexity index is 403. The quantitative estimate of drug-likeness (QED) is 0.453. The summed E-state index contributed by atoms with van der Waals surface area (Å²) in [6.07, 6.45) is -0.951. The molecule has 8 heteroatoms. The summed E-state index contributed by atoms with van der Waals surface area (Å²) < 4.78 is 0. The van der Waals surface area contributed by atoms with Crippen molar-refractivity contribution in [2.24, 2.45) is 0 Å². The van der Waals surface area contributed by atoms with Gasteiger partial charge >= 0.3 is 5.69 Å². The fraction of sp³-hybridized carbons (Fsp3) is 0.400. The minimum Gasteiger partial charge on any atom is -0.394 e. The van der Waals surface area contributed by atoms with E-state index in [9.17, 15) is 15.2 Å². The zero-order chi connectivity index (χ0) is 12.8. The number of nitro groups is 1. The molecular weight excluding hydrogens is 262 g/mol. The van der Waals surface area contributed by atoms with Gasteiger partial charge in [0.2, 0.25) is 0 Å². The molecule has 0 heterocycles. The van der Waals surface area contributed by atoms with E-state index in [1.54, 1.807) is 25.2 Å². The van der Waals surface area contributed by atoms with Crippen LogP contribution in [0.5, 0.6) is 0 Å². The Labute approximate surface area is 110 Å². The predicted octanol–water partition coefficient (Wildman–Crippen LogP) is 0.823. The molecule has 18 heavy (non-hydrogen) atoms. The first-order valence-electron chi connectivity index (χ1n) is 5.08. The number of rotatable bonds is 6. The third-order valence-electron chi connectivity index (χ3n) is 2.23. The number of benzene rings is 1. The summed E-state index contributed by atoms with van der Waals surface area (Å²) in [4.78, 5) is 10.4. The van der Waals surface area contributed by atoms with Gasteiger partial charge in [-0.25, -0.2) is 0 Å². The summed E-state index contributed by atoms with van der Waals surface area (Å²) in [5, 5.41) is 34.2. The van der Waals surface area contributed by atoms with Crippen LogP contribution in [0.4, 0.5) is 17.1 Å². The normalized spacial score (nSPS) is 11.3. The van der Waals surface area contributed by atoms with Crippen molar-refractivity contribution in [3.8, 4) is 0 Å². The monoisotopic (exact) mass is 277 g/mol. The van der Waals surface area contributed by atoms with Gasteiger partial charge in [0.1, 0.15) is 11.4 Å². The van der Waals surface area contributed by atoms with E-state index in [0.717, 1.165) is 0 Å². The maximum atomic E-state index is 10.9. The van der Waals surface area contributed by atoms with Gasteiger partial charge in [-0.3, -0.25) is 10.1 Å². The number of aliphatic hydroxyl groups excluding tert-OH is 2. The van der Waals surface area contributed by atoms with Gasteiger partial charge in [0.05, 0.1) is 17.6 Å². The average molecular weight is 278 g/mol. The number of para-hydroxylation sites is 1. The molecule has 1 unspecified atom stereocenters. The Hall–Kier alpha value is -1.57. The van der Waals surface area contributed by atoms with Crippen molar-refractivity contribution in [3.63, 3.8) is 0 Å². The van der Waals surface area contributed by atoms with Gasteiger partial charge in [-0.15, -0.1) is 12.4 Å². The first-order chi connectivity index (χ1) is 8.10. The van der Waals surface area contributed by atoms with Crippen LogP contribution in [0, 0.1) is 10.1 Å². The molecule has 1 atom stereocenters. The summed E-state index contributed by atoms with van der Waals surface area (Å²) in [5.74, 6) is 0. The van der Waals surface area contributed by atoms with Gasteiger partial charge in [0, 0.05) is 13.6 Å². The standard InChI is InChI=1S/C10H15N3O4.ClH/c1-11-8-3-2-4-9(10(8)13(16)17)12-5-7(15)6-14;/h2-4,7,11-12,14-15H,5-6H2,1H3;1H. The molecule has 0 aliphatic rings. The molecule has 0 radical (unpaired) electrons. The number of anilines is 2. The molecule has 0 aromatic heterocycles. The zero-order valence-electron chi connectivity index (χ0n) is 9.79. The molecule has 1 aromatic carbocycles. The van der Waals surface area contributed by atoms with Crippen molar-refractivity contribution in [2.45, 2.75) is 6.10 Å². The fourth-order valence-electron chi connectivity index (χ4n) is 1.38. The van der Waals surface area contributed by atoms with Gasteiger partial charge in [-0.1, -0.05) is 6.07 Å². The van der Waals surface area contributed by atoms with Crippen LogP contribution < -0.4 is 10.6 Å². The minimum absolute atomic E-state index is 0. The number of halogens is 1. The second-order valence-electron chi connectivity index (χ2n) is 3.43. The van der Waals surface area contributed by atoms with Crippen LogP contribution in [0.25, 0.3) is 0 Å². The predicted molar refractivity (Wildman–Crippen MR) is 71.5 cm³/mol. The highest BCUT2D eigenvalue weighted by molar-refractivity contribution is 5.85. The lowest BCUT2D eigenvalue weighted by Gasteiger charge is -2.12. The Morgan fingerprint density at radius 1 is 1.44 bits per heavy atom. The second-order valence-corrected chi connectivity index (χ2v) is 3.43. The van der Waals surface area contributed by atoms with Crippen LogP contribution in [0.2, 0.25) is 0 Å². The topological polar surface area (TPSA) is 108 Å². The smallest absolute Gasteiger partial charge is 0.315 e. The van der Waals surface area contributed by atoms with Crippen LogP contribution in [0.1, 0.15) is 0 Å². The molecular formula is C10H16ClN3O4. The number of nitro benzene ring substituents is 1. The van der Waals surface area contributed by atoms with E-state index in [2.05, 4.69) is 10.6 Å². The lowest BCUT2D eigenvalue weighted by molar-refractivity contribution is -0.383. The van der Waals surface area contributed by atoms with Crippen molar-refractivity contribution in [3.05, 3.63) is 28.3 Å². The number of hydrogen-bond acceptors (Lipinski definition) is 6. The molecule has 1 aromatic rings. The first-order valence-corrected chi connectivity index (χ1v) is 5.08. The van der Waals surface area contributed by atoms with Gasteiger partial charge in [-0.05, 0) is 12.1 Å². The third kappa shape index (κ3) is 4.02. The van der Waals surface area contributed by atoms with Crippen LogP contribution in [-0.2, 0) is 0 Å². The summed E-state index contributed by atoms with van der Waals surface area (Å²) in [7, 11) is 1.59. The van der Waals surface area contributed by atoms with Crippen LogP contribution in [0.3, 0.4) is 0 Å². The zero-order valence-corrected chi connectivity index (χ0v) is 10.6. The van der Waals surface area contributed by atoms with E-state index in [-0.39, 0.29) is 24.6 Å². The van der Waals surface area contributed by atoms with Gasteiger partial charge < -0.3 is 20.8 Å². The lowest BCUT2D eigenvalue weighted by atomic mass is 10.2. The number of nitrogens with zero attached hydrogens (tertiary/aromatic N) is 1. The van der Waals surface area contributed by atoms with E-state index in [1.807, 2.05) is 0 Å². The lowest BCUT2D eigenvalue weighted by Crippen LogP contribution is -2.23. The average Bonchev–Trinajstić information content (AvgIpc) is 2.34. The molecule has 0 fully saturated rings. The number of aliphatic hydroxyl groups is 2. The Balaban J connectivity index is 0.00000289. The van der Waals surface area contributed by atoms with E-state index in [4.69, 9.17) is 5.11 Å².